The lowest BCUT2D eigenvalue weighted by Crippen LogP contribution is -2.29. The van der Waals surface area contributed by atoms with Crippen molar-refractivity contribution in [3.8, 4) is 5.75 Å². The zero-order valence-electron chi connectivity index (χ0n) is 15.1. The van der Waals surface area contributed by atoms with Crippen LogP contribution in [0.1, 0.15) is 72.1 Å². The van der Waals surface area contributed by atoms with Crippen LogP contribution in [0.5, 0.6) is 5.75 Å². The van der Waals surface area contributed by atoms with Gasteiger partial charge in [0.15, 0.2) is 0 Å². The predicted molar refractivity (Wildman–Crippen MR) is 91.6 cm³/mol. The molecule has 0 fully saturated rings. The normalized spacial score (nSPS) is 13.6. The smallest absolute Gasteiger partial charge is 0.122 e. The third-order valence-corrected chi connectivity index (χ3v) is 3.45. The van der Waals surface area contributed by atoms with Gasteiger partial charge in [0.05, 0.1) is 0 Å². The average Bonchev–Trinajstić information content (AvgIpc) is 2.18. The number of hydrogen-bond donors (Lipinski definition) is 2. The monoisotopic (exact) mass is 291 g/mol. The molecule has 0 aliphatic carbocycles. The van der Waals surface area contributed by atoms with Crippen LogP contribution in [0.2, 0.25) is 0 Å². The molecule has 0 aliphatic rings. The number of aromatic hydroxyl groups is 1. The van der Waals surface area contributed by atoms with Gasteiger partial charge in [0.25, 0.3) is 0 Å². The van der Waals surface area contributed by atoms with Crippen LogP contribution in [0.3, 0.4) is 0 Å². The molecule has 0 saturated heterocycles. The maximum absolute atomic E-state index is 10.7. The van der Waals surface area contributed by atoms with Crippen LogP contribution in [0, 0.1) is 10.8 Å². The fourth-order valence-electron chi connectivity index (χ4n) is 2.54. The lowest BCUT2D eigenvalue weighted by atomic mass is 9.81. The largest absolute Gasteiger partial charge is 0.507 e. The standard InChI is InChI=1S/C19H33NO/c1-17(2,3)11-13-9-15(19(7,8)20)10-14(16(13)21)12-18(4,5)6/h9-10,21H,11-12,20H2,1-8H3. The lowest BCUT2D eigenvalue weighted by Gasteiger charge is -2.27. The topological polar surface area (TPSA) is 46.2 Å². The summed E-state index contributed by atoms with van der Waals surface area (Å²) in [5, 5.41) is 10.7. The highest BCUT2D eigenvalue weighted by molar-refractivity contribution is 5.46. The minimum atomic E-state index is -0.396. The first-order chi connectivity index (χ1) is 9.19. The number of rotatable bonds is 3. The lowest BCUT2D eigenvalue weighted by molar-refractivity contribution is 0.377. The summed E-state index contributed by atoms with van der Waals surface area (Å²) in [6.07, 6.45) is 1.69. The van der Waals surface area contributed by atoms with Crippen molar-refractivity contribution in [1.82, 2.24) is 0 Å². The Morgan fingerprint density at radius 3 is 1.38 bits per heavy atom. The van der Waals surface area contributed by atoms with Gasteiger partial charge < -0.3 is 10.8 Å². The molecule has 0 saturated carbocycles. The van der Waals surface area contributed by atoms with Gasteiger partial charge in [-0.1, -0.05) is 53.7 Å². The first-order valence-electron chi connectivity index (χ1n) is 7.83. The maximum Gasteiger partial charge on any atom is 0.122 e. The first kappa shape index (κ1) is 18.0. The van der Waals surface area contributed by atoms with Crippen molar-refractivity contribution in [2.75, 3.05) is 0 Å². The summed E-state index contributed by atoms with van der Waals surface area (Å²) in [5.41, 5.74) is 9.28. The van der Waals surface area contributed by atoms with E-state index in [0.717, 1.165) is 29.5 Å². The number of phenolic OH excluding ortho intramolecular Hbond substituents is 1. The molecule has 21 heavy (non-hydrogen) atoms. The van der Waals surface area contributed by atoms with Crippen LogP contribution >= 0.6 is 0 Å². The van der Waals surface area contributed by atoms with Crippen LogP contribution in [0.4, 0.5) is 0 Å². The summed E-state index contributed by atoms with van der Waals surface area (Å²) in [6, 6.07) is 4.15. The molecule has 2 nitrogen and oxygen atoms in total. The van der Waals surface area contributed by atoms with Crippen molar-refractivity contribution in [2.24, 2.45) is 16.6 Å². The quantitative estimate of drug-likeness (QED) is 0.843. The van der Waals surface area contributed by atoms with E-state index in [9.17, 15) is 5.11 Å². The molecular weight excluding hydrogens is 258 g/mol. The van der Waals surface area contributed by atoms with Crippen molar-refractivity contribution in [3.05, 3.63) is 28.8 Å². The molecule has 0 bridgehead atoms. The van der Waals surface area contributed by atoms with Crippen molar-refractivity contribution < 1.29 is 5.11 Å². The van der Waals surface area contributed by atoms with Gasteiger partial charge in [0, 0.05) is 5.54 Å². The van der Waals surface area contributed by atoms with Crippen LogP contribution in [0.25, 0.3) is 0 Å². The fraction of sp³-hybridized carbons (Fsp3) is 0.684. The van der Waals surface area contributed by atoms with Crippen LogP contribution in [-0.2, 0) is 18.4 Å². The zero-order chi connectivity index (χ0) is 16.6. The van der Waals surface area contributed by atoms with Crippen LogP contribution < -0.4 is 5.73 Å². The van der Waals surface area contributed by atoms with E-state index < -0.39 is 5.54 Å². The highest BCUT2D eigenvalue weighted by Gasteiger charge is 2.23. The summed E-state index contributed by atoms with van der Waals surface area (Å²) >= 11 is 0. The number of phenols is 1. The Bertz CT molecular complexity index is 459. The minimum absolute atomic E-state index is 0.133. The molecule has 1 rings (SSSR count). The van der Waals surface area contributed by atoms with Gasteiger partial charge in [-0.05, 0) is 54.2 Å². The van der Waals surface area contributed by atoms with E-state index in [1.807, 2.05) is 13.8 Å². The fourth-order valence-corrected chi connectivity index (χ4v) is 2.54. The molecule has 120 valence electrons. The second-order valence-electron chi connectivity index (χ2n) is 9.34. The molecule has 2 heteroatoms. The Morgan fingerprint density at radius 1 is 0.810 bits per heavy atom. The summed E-state index contributed by atoms with van der Waals surface area (Å²) in [5.74, 6) is 0.452. The van der Waals surface area contributed by atoms with E-state index >= 15 is 0 Å². The first-order valence-corrected chi connectivity index (χ1v) is 7.83. The van der Waals surface area contributed by atoms with Crippen molar-refractivity contribution in [2.45, 2.75) is 73.8 Å². The van der Waals surface area contributed by atoms with Gasteiger partial charge in [-0.25, -0.2) is 0 Å². The molecule has 0 spiro atoms. The molecule has 0 aromatic heterocycles. The van der Waals surface area contributed by atoms with E-state index in [1.54, 1.807) is 0 Å². The third kappa shape index (κ3) is 5.70. The molecule has 0 unspecified atom stereocenters. The molecule has 0 radical (unpaired) electrons. The molecule has 0 amide bonds. The van der Waals surface area contributed by atoms with Crippen molar-refractivity contribution in [1.29, 1.82) is 0 Å². The molecular formula is C19H33NO. The Morgan fingerprint density at radius 2 is 1.14 bits per heavy atom. The van der Waals surface area contributed by atoms with E-state index in [-0.39, 0.29) is 10.8 Å². The van der Waals surface area contributed by atoms with E-state index in [2.05, 4.69) is 53.7 Å². The highest BCUT2D eigenvalue weighted by Crippen LogP contribution is 2.36. The number of benzene rings is 1. The van der Waals surface area contributed by atoms with Crippen molar-refractivity contribution >= 4 is 0 Å². The second kappa shape index (κ2) is 5.64. The summed E-state index contributed by atoms with van der Waals surface area (Å²) in [4.78, 5) is 0. The highest BCUT2D eigenvalue weighted by atomic mass is 16.3. The second-order valence-corrected chi connectivity index (χ2v) is 9.34. The minimum Gasteiger partial charge on any atom is -0.507 e. The molecule has 0 atom stereocenters. The molecule has 0 heterocycles. The van der Waals surface area contributed by atoms with Gasteiger partial charge in [0.2, 0.25) is 0 Å². The molecule has 1 aromatic rings. The summed E-state index contributed by atoms with van der Waals surface area (Å²) < 4.78 is 0. The Balaban J connectivity index is 3.39. The predicted octanol–water partition coefficient (Wildman–Crippen LogP) is 4.76. The van der Waals surface area contributed by atoms with Gasteiger partial charge in [0.1, 0.15) is 5.75 Å². The number of hydrogen-bond acceptors (Lipinski definition) is 2. The van der Waals surface area contributed by atoms with Gasteiger partial charge in [-0.3, -0.25) is 0 Å². The average molecular weight is 291 g/mol. The third-order valence-electron chi connectivity index (χ3n) is 3.45. The Labute approximate surface area is 130 Å². The molecule has 1 aromatic carbocycles. The van der Waals surface area contributed by atoms with Gasteiger partial charge >= 0.3 is 0 Å². The summed E-state index contributed by atoms with van der Waals surface area (Å²) in [7, 11) is 0. The maximum atomic E-state index is 10.7. The van der Waals surface area contributed by atoms with E-state index in [0.29, 0.717) is 5.75 Å². The Hall–Kier alpha value is -1.02. The van der Waals surface area contributed by atoms with Gasteiger partial charge in [-0.15, -0.1) is 0 Å². The zero-order valence-corrected chi connectivity index (χ0v) is 15.1. The van der Waals surface area contributed by atoms with E-state index in [1.165, 1.54) is 0 Å². The SMILES string of the molecule is CC(C)(C)Cc1cc(C(C)(C)N)cc(CC(C)(C)C)c1O. The molecule has 0 aliphatic heterocycles. The molecule has 3 N–H and O–H groups in total. The van der Waals surface area contributed by atoms with Crippen LogP contribution in [0.15, 0.2) is 12.1 Å². The number of nitrogens with two attached hydrogens (primary N) is 1. The van der Waals surface area contributed by atoms with E-state index in [4.69, 9.17) is 5.73 Å². The van der Waals surface area contributed by atoms with Gasteiger partial charge in [-0.2, -0.15) is 0 Å². The van der Waals surface area contributed by atoms with Crippen molar-refractivity contribution in [3.63, 3.8) is 0 Å². The van der Waals surface area contributed by atoms with Crippen LogP contribution in [-0.4, -0.2) is 5.11 Å². The summed E-state index contributed by atoms with van der Waals surface area (Å²) in [6.45, 7) is 17.2. The Kier molecular flexibility index (Phi) is 4.84.